The molecule has 150 valence electrons. The molecule has 3 rings (SSSR count). The lowest BCUT2D eigenvalue weighted by atomic mass is 9.95. The lowest BCUT2D eigenvalue weighted by Gasteiger charge is -2.23. The predicted octanol–water partition coefficient (Wildman–Crippen LogP) is 3.82. The molecule has 0 spiro atoms. The standard InChI is InChI=1S/C22H29N3O3/c1-27-19-9-8-16(14-20(19)28-2)10-12-24-22(26)17-11-13-23-21(15-17)25-18-6-4-3-5-7-18/h8-9,11,13-15,18H,3-7,10,12H2,1-2H3,(H,23,25)(H,24,26). The highest BCUT2D eigenvalue weighted by Crippen LogP contribution is 2.27. The smallest absolute Gasteiger partial charge is 0.251 e. The molecule has 0 saturated heterocycles. The van der Waals surface area contributed by atoms with Crippen molar-refractivity contribution in [3.63, 3.8) is 0 Å². The maximum Gasteiger partial charge on any atom is 0.251 e. The number of hydrogen-bond donors (Lipinski definition) is 2. The minimum absolute atomic E-state index is 0.0884. The molecule has 6 nitrogen and oxygen atoms in total. The normalized spacial score (nSPS) is 14.4. The van der Waals surface area contributed by atoms with E-state index in [4.69, 9.17) is 9.47 Å². The van der Waals surface area contributed by atoms with Crippen LogP contribution in [0.4, 0.5) is 5.82 Å². The van der Waals surface area contributed by atoms with Gasteiger partial charge in [-0.3, -0.25) is 4.79 Å². The van der Waals surface area contributed by atoms with Crippen LogP contribution in [-0.4, -0.2) is 37.7 Å². The van der Waals surface area contributed by atoms with E-state index in [-0.39, 0.29) is 5.91 Å². The number of pyridine rings is 1. The SMILES string of the molecule is COc1ccc(CCNC(=O)c2ccnc(NC3CCCCC3)c2)cc1OC. The third kappa shape index (κ3) is 5.38. The third-order valence-electron chi connectivity index (χ3n) is 5.13. The van der Waals surface area contributed by atoms with Crippen LogP contribution in [0.1, 0.15) is 48.0 Å². The summed E-state index contributed by atoms with van der Waals surface area (Å²) in [6, 6.07) is 9.83. The molecule has 6 heteroatoms. The number of carbonyl (C=O) groups is 1. The van der Waals surface area contributed by atoms with Crippen molar-refractivity contribution in [2.45, 2.75) is 44.6 Å². The molecule has 0 atom stereocenters. The Balaban J connectivity index is 1.52. The molecule has 1 aromatic carbocycles. The first-order chi connectivity index (χ1) is 13.7. The Morgan fingerprint density at radius 3 is 2.61 bits per heavy atom. The summed E-state index contributed by atoms with van der Waals surface area (Å²) in [6.07, 6.45) is 8.57. The zero-order chi connectivity index (χ0) is 19.8. The second-order valence-electron chi connectivity index (χ2n) is 7.10. The first kappa shape index (κ1) is 20.0. The van der Waals surface area contributed by atoms with Crippen molar-refractivity contribution >= 4 is 11.7 Å². The van der Waals surface area contributed by atoms with Gasteiger partial charge in [0.25, 0.3) is 5.91 Å². The second kappa shape index (κ2) is 9.97. The molecule has 0 bridgehead atoms. The van der Waals surface area contributed by atoms with Crippen LogP contribution in [-0.2, 0) is 6.42 Å². The number of amides is 1. The Labute approximate surface area is 166 Å². The number of nitrogens with one attached hydrogen (secondary N) is 2. The van der Waals surface area contributed by atoms with E-state index in [1.165, 1.54) is 32.1 Å². The van der Waals surface area contributed by atoms with Crippen LogP contribution in [0.15, 0.2) is 36.5 Å². The van der Waals surface area contributed by atoms with Crippen molar-refractivity contribution in [1.82, 2.24) is 10.3 Å². The van der Waals surface area contributed by atoms with Crippen molar-refractivity contribution in [3.05, 3.63) is 47.7 Å². The van der Waals surface area contributed by atoms with Crippen molar-refractivity contribution in [2.24, 2.45) is 0 Å². The van der Waals surface area contributed by atoms with Crippen LogP contribution in [0.3, 0.4) is 0 Å². The lowest BCUT2D eigenvalue weighted by Crippen LogP contribution is -2.26. The topological polar surface area (TPSA) is 72.5 Å². The molecule has 2 aromatic rings. The first-order valence-corrected chi connectivity index (χ1v) is 9.91. The monoisotopic (exact) mass is 383 g/mol. The van der Waals surface area contributed by atoms with Gasteiger partial charge in [-0.1, -0.05) is 25.3 Å². The van der Waals surface area contributed by atoms with E-state index >= 15 is 0 Å². The number of hydrogen-bond acceptors (Lipinski definition) is 5. The average Bonchev–Trinajstić information content (AvgIpc) is 2.74. The zero-order valence-electron chi connectivity index (χ0n) is 16.7. The molecule has 28 heavy (non-hydrogen) atoms. The fourth-order valence-electron chi connectivity index (χ4n) is 3.57. The molecule has 1 amide bonds. The van der Waals surface area contributed by atoms with Crippen LogP contribution >= 0.6 is 0 Å². The van der Waals surface area contributed by atoms with Crippen molar-refractivity contribution in [1.29, 1.82) is 0 Å². The highest BCUT2D eigenvalue weighted by molar-refractivity contribution is 5.94. The summed E-state index contributed by atoms with van der Waals surface area (Å²) in [6.45, 7) is 0.544. The molecule has 1 aliphatic carbocycles. The lowest BCUT2D eigenvalue weighted by molar-refractivity contribution is 0.0954. The van der Waals surface area contributed by atoms with Crippen molar-refractivity contribution in [3.8, 4) is 11.5 Å². The van der Waals surface area contributed by atoms with E-state index in [2.05, 4.69) is 15.6 Å². The van der Waals surface area contributed by atoms with Gasteiger partial charge in [-0.05, 0) is 49.1 Å². The van der Waals surface area contributed by atoms with E-state index < -0.39 is 0 Å². The van der Waals surface area contributed by atoms with Crippen LogP contribution < -0.4 is 20.1 Å². The van der Waals surface area contributed by atoms with Crippen LogP contribution in [0.2, 0.25) is 0 Å². The Morgan fingerprint density at radius 1 is 1.07 bits per heavy atom. The molecule has 1 saturated carbocycles. The van der Waals surface area contributed by atoms with Gasteiger partial charge in [0.1, 0.15) is 5.82 Å². The van der Waals surface area contributed by atoms with Gasteiger partial charge in [0.05, 0.1) is 14.2 Å². The summed E-state index contributed by atoms with van der Waals surface area (Å²) in [7, 11) is 3.23. The maximum absolute atomic E-state index is 12.5. The summed E-state index contributed by atoms with van der Waals surface area (Å²) >= 11 is 0. The Bertz CT molecular complexity index is 788. The molecule has 0 aliphatic heterocycles. The second-order valence-corrected chi connectivity index (χ2v) is 7.10. The molecule has 2 N–H and O–H groups in total. The van der Waals surface area contributed by atoms with E-state index in [1.807, 2.05) is 24.3 Å². The molecule has 1 fully saturated rings. The highest BCUT2D eigenvalue weighted by Gasteiger charge is 2.14. The average molecular weight is 383 g/mol. The summed E-state index contributed by atoms with van der Waals surface area (Å²) < 4.78 is 10.6. The van der Waals surface area contributed by atoms with Gasteiger partial charge >= 0.3 is 0 Å². The molecule has 0 radical (unpaired) electrons. The molecule has 1 aliphatic rings. The molecular weight excluding hydrogens is 354 g/mol. The van der Waals surface area contributed by atoms with Gasteiger partial charge in [-0.2, -0.15) is 0 Å². The van der Waals surface area contributed by atoms with Crippen molar-refractivity contribution in [2.75, 3.05) is 26.1 Å². The summed E-state index contributed by atoms with van der Waals surface area (Å²) in [4.78, 5) is 16.9. The number of nitrogens with zero attached hydrogens (tertiary/aromatic N) is 1. The summed E-state index contributed by atoms with van der Waals surface area (Å²) in [5.74, 6) is 2.08. The van der Waals surface area contributed by atoms with Gasteiger partial charge in [0, 0.05) is 24.3 Å². The number of carbonyl (C=O) groups excluding carboxylic acids is 1. The predicted molar refractivity (Wildman–Crippen MR) is 110 cm³/mol. The number of benzene rings is 1. The van der Waals surface area contributed by atoms with Crippen LogP contribution in [0.5, 0.6) is 11.5 Å². The fraction of sp³-hybridized carbons (Fsp3) is 0.455. The highest BCUT2D eigenvalue weighted by atomic mass is 16.5. The quantitative estimate of drug-likeness (QED) is 0.725. The molecule has 1 aromatic heterocycles. The van der Waals surface area contributed by atoms with Crippen LogP contribution in [0, 0.1) is 0 Å². The first-order valence-electron chi connectivity index (χ1n) is 9.91. The van der Waals surface area contributed by atoms with Gasteiger partial charge in [-0.25, -0.2) is 4.98 Å². The van der Waals surface area contributed by atoms with Gasteiger partial charge in [0.2, 0.25) is 0 Å². The summed E-state index contributed by atoms with van der Waals surface area (Å²) in [5, 5.41) is 6.44. The van der Waals surface area contributed by atoms with E-state index in [1.54, 1.807) is 26.5 Å². The Kier molecular flexibility index (Phi) is 7.12. The van der Waals surface area contributed by atoms with Gasteiger partial charge in [0.15, 0.2) is 11.5 Å². The van der Waals surface area contributed by atoms with Gasteiger partial charge < -0.3 is 20.1 Å². The molecule has 1 heterocycles. The Hall–Kier alpha value is -2.76. The number of ether oxygens (including phenoxy) is 2. The minimum atomic E-state index is -0.0884. The Morgan fingerprint density at radius 2 is 1.86 bits per heavy atom. The van der Waals surface area contributed by atoms with E-state index in [0.717, 1.165) is 11.4 Å². The van der Waals surface area contributed by atoms with Gasteiger partial charge in [-0.15, -0.1) is 0 Å². The number of methoxy groups -OCH3 is 2. The zero-order valence-corrected chi connectivity index (χ0v) is 16.7. The number of anilines is 1. The largest absolute Gasteiger partial charge is 0.493 e. The molecule has 0 unspecified atom stereocenters. The maximum atomic E-state index is 12.5. The van der Waals surface area contributed by atoms with E-state index in [9.17, 15) is 4.79 Å². The van der Waals surface area contributed by atoms with E-state index in [0.29, 0.717) is 36.1 Å². The van der Waals surface area contributed by atoms with Crippen molar-refractivity contribution < 1.29 is 14.3 Å². The molecular formula is C22H29N3O3. The van der Waals surface area contributed by atoms with Crippen LogP contribution in [0.25, 0.3) is 0 Å². The number of aromatic nitrogens is 1. The minimum Gasteiger partial charge on any atom is -0.493 e. The summed E-state index contributed by atoms with van der Waals surface area (Å²) in [5.41, 5.74) is 1.70. The third-order valence-corrected chi connectivity index (χ3v) is 5.13. The number of rotatable bonds is 8. The fourth-order valence-corrected chi connectivity index (χ4v) is 3.57.